The Morgan fingerprint density at radius 2 is 1.65 bits per heavy atom. The lowest BCUT2D eigenvalue weighted by atomic mass is 10.3. The van der Waals surface area contributed by atoms with Gasteiger partial charge >= 0.3 is 0 Å². The Bertz CT molecular complexity index is 415. The van der Waals surface area contributed by atoms with Crippen molar-refractivity contribution < 1.29 is 23.7 Å². The molecule has 2 saturated heterocycles. The van der Waals surface area contributed by atoms with Crippen LogP contribution in [0, 0.1) is 0 Å². The molecule has 3 rings (SSSR count). The fourth-order valence-electron chi connectivity index (χ4n) is 2.10. The van der Waals surface area contributed by atoms with E-state index in [4.69, 9.17) is 35.3 Å². The minimum Gasteiger partial charge on any atom is -0.491 e. The van der Waals surface area contributed by atoms with E-state index in [1.165, 1.54) is 0 Å². The Labute approximate surface area is 122 Å². The predicted molar refractivity (Wildman–Crippen MR) is 71.9 cm³/mol. The van der Waals surface area contributed by atoms with Gasteiger partial charge in [0.25, 0.3) is 0 Å². The monoisotopic (exact) mass is 300 g/mol. The van der Waals surface area contributed by atoms with E-state index in [0.717, 1.165) is 5.75 Å². The van der Waals surface area contributed by atoms with Gasteiger partial charge in [0.15, 0.2) is 0 Å². The smallest absolute Gasteiger partial charge is 0.210 e. The number of hydrogen-bond donors (Lipinski definition) is 0. The molecule has 0 aliphatic carbocycles. The summed E-state index contributed by atoms with van der Waals surface area (Å²) in [4.78, 5) is 0. The van der Waals surface area contributed by atoms with Gasteiger partial charge in [-0.1, -0.05) is 18.2 Å². The van der Waals surface area contributed by atoms with Crippen molar-refractivity contribution in [3.63, 3.8) is 0 Å². The van der Waals surface area contributed by atoms with Gasteiger partial charge in [-0.05, 0) is 12.1 Å². The summed E-state index contributed by atoms with van der Waals surface area (Å²) in [6.07, 6.45) is -1.22. The molecule has 0 N–H and O–H groups in total. The van der Waals surface area contributed by atoms with Crippen LogP contribution in [-0.2, 0) is 18.9 Å². The van der Waals surface area contributed by atoms with Crippen molar-refractivity contribution >= 4 is 11.6 Å². The van der Waals surface area contributed by atoms with Crippen molar-refractivity contribution in [3.05, 3.63) is 30.3 Å². The lowest BCUT2D eigenvalue weighted by Gasteiger charge is -2.17. The van der Waals surface area contributed by atoms with E-state index in [1.54, 1.807) is 0 Å². The minimum absolute atomic E-state index is 0.0894. The van der Waals surface area contributed by atoms with Gasteiger partial charge in [-0.3, -0.25) is 0 Å². The summed E-state index contributed by atoms with van der Waals surface area (Å²) in [6, 6.07) is 9.61. The molecule has 20 heavy (non-hydrogen) atoms. The average molecular weight is 301 g/mol. The molecule has 0 radical (unpaired) electrons. The maximum Gasteiger partial charge on any atom is 0.210 e. The van der Waals surface area contributed by atoms with Gasteiger partial charge in [0, 0.05) is 0 Å². The highest BCUT2D eigenvalue weighted by molar-refractivity contribution is 6.18. The minimum atomic E-state index is -0.507. The Kier molecular flexibility index (Phi) is 4.75. The molecule has 1 aromatic carbocycles. The quantitative estimate of drug-likeness (QED) is 0.776. The molecule has 2 fully saturated rings. The molecule has 2 aliphatic heterocycles. The van der Waals surface area contributed by atoms with E-state index in [2.05, 4.69) is 0 Å². The number of para-hydroxylation sites is 1. The van der Waals surface area contributed by atoms with E-state index >= 15 is 0 Å². The SMILES string of the molecule is ClCC1COC(C2OCC(COc3ccccc3)O2)O1. The molecule has 110 valence electrons. The summed E-state index contributed by atoms with van der Waals surface area (Å²) in [5.74, 6) is 1.22. The van der Waals surface area contributed by atoms with Crippen LogP contribution in [0.3, 0.4) is 0 Å². The van der Waals surface area contributed by atoms with Crippen LogP contribution in [0.15, 0.2) is 30.3 Å². The molecule has 2 heterocycles. The summed E-state index contributed by atoms with van der Waals surface area (Å²) in [6.45, 7) is 1.38. The molecular formula is C14H17ClO5. The third-order valence-corrected chi connectivity index (χ3v) is 3.46. The topological polar surface area (TPSA) is 46.2 Å². The first-order valence-electron chi connectivity index (χ1n) is 6.63. The zero-order valence-corrected chi connectivity index (χ0v) is 11.7. The van der Waals surface area contributed by atoms with E-state index < -0.39 is 12.6 Å². The van der Waals surface area contributed by atoms with Gasteiger partial charge in [-0.25, -0.2) is 0 Å². The molecule has 0 saturated carbocycles. The third kappa shape index (κ3) is 3.42. The summed E-state index contributed by atoms with van der Waals surface area (Å²) >= 11 is 5.72. The molecule has 0 bridgehead atoms. The van der Waals surface area contributed by atoms with Crippen molar-refractivity contribution in [3.8, 4) is 5.75 Å². The molecule has 1 aromatic rings. The fraction of sp³-hybridized carbons (Fsp3) is 0.571. The van der Waals surface area contributed by atoms with Crippen molar-refractivity contribution in [2.24, 2.45) is 0 Å². The molecular weight excluding hydrogens is 284 g/mol. The van der Waals surface area contributed by atoms with Crippen LogP contribution in [0.1, 0.15) is 0 Å². The normalized spacial score (nSPS) is 33.5. The molecule has 2 aliphatic rings. The number of rotatable bonds is 5. The van der Waals surface area contributed by atoms with Crippen LogP contribution in [-0.4, -0.2) is 50.5 Å². The largest absolute Gasteiger partial charge is 0.491 e. The maximum atomic E-state index is 5.72. The molecule has 0 aromatic heterocycles. The number of halogens is 1. The standard InChI is InChI=1S/C14H17ClO5/c15-6-11-7-17-13(19-11)14-18-9-12(20-14)8-16-10-4-2-1-3-5-10/h1-5,11-14H,6-9H2. The molecule has 4 atom stereocenters. The van der Waals surface area contributed by atoms with Crippen LogP contribution in [0.4, 0.5) is 0 Å². The van der Waals surface area contributed by atoms with Crippen molar-refractivity contribution in [2.75, 3.05) is 25.7 Å². The first-order valence-corrected chi connectivity index (χ1v) is 7.16. The number of benzene rings is 1. The first kappa shape index (κ1) is 14.1. The van der Waals surface area contributed by atoms with E-state index in [1.807, 2.05) is 30.3 Å². The van der Waals surface area contributed by atoms with Gasteiger partial charge in [0.05, 0.1) is 25.2 Å². The Hall–Kier alpha value is -0.850. The fourth-order valence-corrected chi connectivity index (χ4v) is 2.26. The molecule has 0 spiro atoms. The second kappa shape index (κ2) is 6.74. The molecule has 4 unspecified atom stereocenters. The van der Waals surface area contributed by atoms with Crippen molar-refractivity contribution in [1.82, 2.24) is 0 Å². The second-order valence-corrected chi connectivity index (χ2v) is 5.01. The maximum absolute atomic E-state index is 5.72. The number of hydrogen-bond acceptors (Lipinski definition) is 5. The lowest BCUT2D eigenvalue weighted by Crippen LogP contribution is -2.30. The second-order valence-electron chi connectivity index (χ2n) is 4.70. The van der Waals surface area contributed by atoms with Gasteiger partial charge in [0.2, 0.25) is 12.6 Å². The number of alkyl halides is 1. The molecule has 6 heteroatoms. The summed E-state index contributed by atoms with van der Waals surface area (Å²) < 4.78 is 27.9. The van der Waals surface area contributed by atoms with Crippen molar-refractivity contribution in [1.29, 1.82) is 0 Å². The van der Waals surface area contributed by atoms with Crippen LogP contribution in [0.5, 0.6) is 5.75 Å². The van der Waals surface area contributed by atoms with E-state index in [-0.39, 0.29) is 12.2 Å². The number of ether oxygens (including phenoxy) is 5. The van der Waals surface area contributed by atoms with Crippen LogP contribution in [0.2, 0.25) is 0 Å². The highest BCUT2D eigenvalue weighted by Crippen LogP contribution is 2.24. The summed E-state index contributed by atoms with van der Waals surface area (Å²) in [7, 11) is 0. The molecule has 0 amide bonds. The van der Waals surface area contributed by atoms with Crippen LogP contribution < -0.4 is 4.74 Å². The van der Waals surface area contributed by atoms with Crippen LogP contribution in [0.25, 0.3) is 0 Å². The van der Waals surface area contributed by atoms with E-state index in [9.17, 15) is 0 Å². The summed E-state index contributed by atoms with van der Waals surface area (Å²) in [5.41, 5.74) is 0. The van der Waals surface area contributed by atoms with Crippen molar-refractivity contribution in [2.45, 2.75) is 24.8 Å². The van der Waals surface area contributed by atoms with Gasteiger partial charge in [-0.2, -0.15) is 0 Å². The Balaban J connectivity index is 1.43. The average Bonchev–Trinajstić information content (AvgIpc) is 3.15. The van der Waals surface area contributed by atoms with Crippen LogP contribution >= 0.6 is 11.6 Å². The Morgan fingerprint density at radius 3 is 2.30 bits per heavy atom. The predicted octanol–water partition coefficient (Wildman–Crippen LogP) is 1.79. The Morgan fingerprint density at radius 1 is 1.00 bits per heavy atom. The first-order chi connectivity index (χ1) is 9.85. The van der Waals surface area contributed by atoms with E-state index in [0.29, 0.717) is 25.7 Å². The van der Waals surface area contributed by atoms with Gasteiger partial charge < -0.3 is 23.7 Å². The lowest BCUT2D eigenvalue weighted by molar-refractivity contribution is -0.213. The third-order valence-electron chi connectivity index (χ3n) is 3.12. The highest BCUT2D eigenvalue weighted by atomic mass is 35.5. The zero-order valence-electron chi connectivity index (χ0n) is 10.9. The summed E-state index contributed by atoms with van der Waals surface area (Å²) in [5, 5.41) is 0. The van der Waals surface area contributed by atoms with Gasteiger partial charge in [-0.15, -0.1) is 11.6 Å². The zero-order chi connectivity index (χ0) is 13.8. The molecule has 5 nitrogen and oxygen atoms in total. The highest BCUT2D eigenvalue weighted by Gasteiger charge is 2.39. The van der Waals surface area contributed by atoms with Gasteiger partial charge in [0.1, 0.15) is 18.5 Å².